The molecule has 0 unspecified atom stereocenters. The fourth-order valence-corrected chi connectivity index (χ4v) is 2.14. The SMILES string of the molecule is Cc1ccc(S(=O)(=O)O)cc1.N=C(NO)NN=Cc1ccccc1[N+](=O)[O-]. The average Bonchev–Trinajstić information content (AvgIpc) is 2.62. The summed E-state index contributed by atoms with van der Waals surface area (Å²) in [6.45, 7) is 1.84. The van der Waals surface area contributed by atoms with Gasteiger partial charge in [-0.1, -0.05) is 29.8 Å². The number of rotatable bonds is 4. The monoisotopic (exact) mass is 395 g/mol. The topological polar surface area (TPSA) is 178 Å². The maximum Gasteiger partial charge on any atom is 0.294 e. The number of nitrogens with zero attached hydrogens (tertiary/aromatic N) is 2. The molecule has 0 saturated heterocycles. The summed E-state index contributed by atoms with van der Waals surface area (Å²) in [6, 6.07) is 12.0. The van der Waals surface area contributed by atoms with Gasteiger partial charge in [0.25, 0.3) is 15.8 Å². The van der Waals surface area contributed by atoms with Crippen molar-refractivity contribution in [3.8, 4) is 0 Å². The Morgan fingerprint density at radius 3 is 2.33 bits per heavy atom. The summed E-state index contributed by atoms with van der Waals surface area (Å²) >= 11 is 0. The molecular formula is C15H17N5O6S. The third kappa shape index (κ3) is 7.60. The Morgan fingerprint density at radius 2 is 1.81 bits per heavy atom. The first-order valence-corrected chi connectivity index (χ1v) is 8.64. The maximum absolute atomic E-state index is 10.6. The summed E-state index contributed by atoms with van der Waals surface area (Å²) in [4.78, 5) is 10.0. The molecule has 0 aliphatic carbocycles. The van der Waals surface area contributed by atoms with Crippen LogP contribution in [-0.2, 0) is 10.1 Å². The lowest BCUT2D eigenvalue weighted by Crippen LogP contribution is -2.30. The van der Waals surface area contributed by atoms with E-state index < -0.39 is 21.0 Å². The molecule has 11 nitrogen and oxygen atoms in total. The van der Waals surface area contributed by atoms with Crippen LogP contribution in [0.3, 0.4) is 0 Å². The highest BCUT2D eigenvalue weighted by atomic mass is 32.2. The molecule has 0 saturated carbocycles. The Labute approximate surface area is 154 Å². The first kappa shape index (κ1) is 21.7. The van der Waals surface area contributed by atoms with Crippen LogP contribution in [-0.4, -0.2) is 35.3 Å². The lowest BCUT2D eigenvalue weighted by atomic mass is 10.2. The van der Waals surface area contributed by atoms with Crippen molar-refractivity contribution < 1.29 is 23.1 Å². The van der Waals surface area contributed by atoms with Gasteiger partial charge in [-0.05, 0) is 25.1 Å². The fourth-order valence-electron chi connectivity index (χ4n) is 1.66. The molecule has 0 spiro atoms. The predicted octanol–water partition coefficient (Wildman–Crippen LogP) is 1.67. The molecule has 5 N–H and O–H groups in total. The van der Waals surface area contributed by atoms with Gasteiger partial charge < -0.3 is 0 Å². The first-order chi connectivity index (χ1) is 12.6. The van der Waals surface area contributed by atoms with Crippen molar-refractivity contribution in [1.29, 1.82) is 5.41 Å². The van der Waals surface area contributed by atoms with Gasteiger partial charge in [0.15, 0.2) is 0 Å². The van der Waals surface area contributed by atoms with Gasteiger partial charge in [0.1, 0.15) is 0 Å². The minimum Gasteiger partial charge on any atom is -0.288 e. The molecule has 12 heteroatoms. The van der Waals surface area contributed by atoms with E-state index >= 15 is 0 Å². The Kier molecular flexibility index (Phi) is 8.00. The number of aryl methyl sites for hydroxylation is 1. The van der Waals surface area contributed by atoms with Gasteiger partial charge in [-0.2, -0.15) is 13.5 Å². The molecule has 0 atom stereocenters. The largest absolute Gasteiger partial charge is 0.294 e. The van der Waals surface area contributed by atoms with Crippen molar-refractivity contribution in [3.05, 3.63) is 69.8 Å². The normalized spacial score (nSPS) is 10.6. The number of hydrogen-bond donors (Lipinski definition) is 5. The van der Waals surface area contributed by atoms with Gasteiger partial charge in [0.05, 0.1) is 21.6 Å². The van der Waals surface area contributed by atoms with Gasteiger partial charge >= 0.3 is 0 Å². The molecule has 2 rings (SSSR count). The van der Waals surface area contributed by atoms with Gasteiger partial charge in [-0.15, -0.1) is 0 Å². The number of benzene rings is 2. The fraction of sp³-hybridized carbons (Fsp3) is 0.0667. The molecule has 144 valence electrons. The summed E-state index contributed by atoms with van der Waals surface area (Å²) in [7, 11) is -4.02. The van der Waals surface area contributed by atoms with Gasteiger partial charge in [0.2, 0.25) is 5.96 Å². The molecule has 0 fully saturated rings. The zero-order valence-electron chi connectivity index (χ0n) is 14.0. The predicted molar refractivity (Wildman–Crippen MR) is 97.5 cm³/mol. The Morgan fingerprint density at radius 1 is 1.22 bits per heavy atom. The van der Waals surface area contributed by atoms with Crippen molar-refractivity contribution in [1.82, 2.24) is 10.9 Å². The Bertz CT molecular complexity index is 928. The number of hydrogen-bond acceptors (Lipinski definition) is 7. The lowest BCUT2D eigenvalue weighted by Gasteiger charge is -1.99. The third-order valence-corrected chi connectivity index (χ3v) is 3.81. The van der Waals surface area contributed by atoms with Gasteiger partial charge in [0, 0.05) is 6.07 Å². The smallest absolute Gasteiger partial charge is 0.288 e. The van der Waals surface area contributed by atoms with Crippen LogP contribution in [0.5, 0.6) is 0 Å². The van der Waals surface area contributed by atoms with Crippen LogP contribution in [0, 0.1) is 22.4 Å². The zero-order chi connectivity index (χ0) is 20.4. The molecule has 0 bridgehead atoms. The van der Waals surface area contributed by atoms with Crippen LogP contribution in [0.15, 0.2) is 58.5 Å². The van der Waals surface area contributed by atoms with E-state index in [0.29, 0.717) is 5.56 Å². The van der Waals surface area contributed by atoms with Crippen molar-refractivity contribution in [2.24, 2.45) is 5.10 Å². The highest BCUT2D eigenvalue weighted by Crippen LogP contribution is 2.14. The summed E-state index contributed by atoms with van der Waals surface area (Å²) in [5, 5.41) is 29.3. The van der Waals surface area contributed by atoms with Crippen molar-refractivity contribution >= 4 is 28.0 Å². The second-order valence-corrected chi connectivity index (χ2v) is 6.38. The van der Waals surface area contributed by atoms with Crippen LogP contribution in [0.25, 0.3) is 0 Å². The molecule has 0 heterocycles. The standard InChI is InChI=1S/C8H9N5O3.C7H8O3S/c9-8(12-14)11-10-5-6-3-1-2-4-7(6)13(15)16;1-6-2-4-7(5-3-6)11(8,9)10/h1-5,14H,(H3,9,11,12);2-5H,1H3,(H,8,9,10). The van der Waals surface area contributed by atoms with E-state index in [-0.39, 0.29) is 10.6 Å². The highest BCUT2D eigenvalue weighted by Gasteiger charge is 2.09. The molecule has 2 aromatic carbocycles. The Balaban J connectivity index is 0.000000289. The summed E-state index contributed by atoms with van der Waals surface area (Å²) in [6.07, 6.45) is 1.18. The molecule has 2 aromatic rings. The van der Waals surface area contributed by atoms with E-state index in [9.17, 15) is 18.5 Å². The number of hydrazone groups is 1. The van der Waals surface area contributed by atoms with Gasteiger partial charge in [-0.3, -0.25) is 25.3 Å². The van der Waals surface area contributed by atoms with Gasteiger partial charge in [-0.25, -0.2) is 10.9 Å². The van der Waals surface area contributed by atoms with E-state index in [2.05, 4.69) is 10.5 Å². The molecule has 0 aromatic heterocycles. The Hall–Kier alpha value is -3.35. The second kappa shape index (κ2) is 9.96. The summed E-state index contributed by atoms with van der Waals surface area (Å²) < 4.78 is 29.6. The molecule has 0 aliphatic heterocycles. The first-order valence-electron chi connectivity index (χ1n) is 7.20. The third-order valence-electron chi connectivity index (χ3n) is 2.94. The molecule has 0 amide bonds. The van der Waals surface area contributed by atoms with Crippen molar-refractivity contribution in [2.45, 2.75) is 11.8 Å². The van der Waals surface area contributed by atoms with Crippen molar-refractivity contribution in [2.75, 3.05) is 0 Å². The van der Waals surface area contributed by atoms with Crippen LogP contribution in [0.4, 0.5) is 5.69 Å². The van der Waals surface area contributed by atoms with E-state index in [0.717, 1.165) is 5.56 Å². The second-order valence-electron chi connectivity index (χ2n) is 4.96. The minimum absolute atomic E-state index is 0.0666. The molecule has 0 radical (unpaired) electrons. The molecule has 0 aliphatic rings. The maximum atomic E-state index is 10.6. The number of nitro benzene ring substituents is 1. The number of nitrogens with one attached hydrogen (secondary N) is 3. The number of hydroxylamine groups is 1. The van der Waals surface area contributed by atoms with E-state index in [1.165, 1.54) is 36.0 Å². The van der Waals surface area contributed by atoms with Crippen LogP contribution in [0.1, 0.15) is 11.1 Å². The minimum atomic E-state index is -4.02. The van der Waals surface area contributed by atoms with Crippen molar-refractivity contribution in [3.63, 3.8) is 0 Å². The number of nitro groups is 1. The van der Waals surface area contributed by atoms with E-state index in [1.807, 2.05) is 6.92 Å². The zero-order valence-corrected chi connectivity index (χ0v) is 14.8. The van der Waals surface area contributed by atoms with Crippen LogP contribution in [0.2, 0.25) is 0 Å². The molecule has 27 heavy (non-hydrogen) atoms. The van der Waals surface area contributed by atoms with Crippen LogP contribution >= 0.6 is 0 Å². The highest BCUT2D eigenvalue weighted by molar-refractivity contribution is 7.85. The van der Waals surface area contributed by atoms with E-state index in [1.54, 1.807) is 24.3 Å². The number of para-hydroxylation sites is 1. The summed E-state index contributed by atoms with van der Waals surface area (Å²) in [5.74, 6) is -0.435. The summed E-state index contributed by atoms with van der Waals surface area (Å²) in [5.41, 5.74) is 4.80. The quantitative estimate of drug-likeness (QED) is 0.170. The van der Waals surface area contributed by atoms with Crippen LogP contribution < -0.4 is 10.9 Å². The van der Waals surface area contributed by atoms with E-state index in [4.69, 9.17) is 15.2 Å². The average molecular weight is 395 g/mol. The number of guanidine groups is 1. The lowest BCUT2D eigenvalue weighted by molar-refractivity contribution is -0.385. The molecular weight excluding hydrogens is 378 g/mol.